The first-order chi connectivity index (χ1) is 7.97. The summed E-state index contributed by atoms with van der Waals surface area (Å²) in [6.45, 7) is 5.98. The zero-order chi connectivity index (χ0) is 14.2. The molecule has 0 aromatic rings. The van der Waals surface area contributed by atoms with E-state index in [0.29, 0.717) is 0 Å². The third-order valence-corrected chi connectivity index (χ3v) is 3.33. The molecule has 6 nitrogen and oxygen atoms in total. The van der Waals surface area contributed by atoms with Gasteiger partial charge >= 0.3 is 10.4 Å². The van der Waals surface area contributed by atoms with Crippen molar-refractivity contribution in [2.75, 3.05) is 6.61 Å². The Morgan fingerprint density at radius 2 is 2.17 bits per heavy atom. The van der Waals surface area contributed by atoms with Crippen LogP contribution < -0.4 is 0 Å². The summed E-state index contributed by atoms with van der Waals surface area (Å²) in [5, 5.41) is 0. The second kappa shape index (κ2) is 5.01. The zero-order valence-electron chi connectivity index (χ0n) is 10.8. The molecule has 8 heteroatoms. The molecule has 1 saturated heterocycles. The molecule has 0 saturated carbocycles. The van der Waals surface area contributed by atoms with Crippen LogP contribution in [-0.2, 0) is 24.1 Å². The Hall–Kier alpha value is -0.280. The fraction of sp³-hybridized carbons (Fsp3) is 1.00. The van der Waals surface area contributed by atoms with Crippen molar-refractivity contribution in [3.8, 4) is 0 Å². The van der Waals surface area contributed by atoms with E-state index in [1.54, 1.807) is 20.8 Å². The third kappa shape index (κ3) is 4.13. The lowest BCUT2D eigenvalue weighted by molar-refractivity contribution is -0.160. The predicted molar refractivity (Wildman–Crippen MR) is 61.1 cm³/mol. The van der Waals surface area contributed by atoms with Crippen molar-refractivity contribution in [3.05, 3.63) is 0 Å². The van der Waals surface area contributed by atoms with Crippen LogP contribution >= 0.6 is 0 Å². The fourth-order valence-corrected chi connectivity index (χ4v) is 2.33. The monoisotopic (exact) mass is 286 g/mol. The highest BCUT2D eigenvalue weighted by atomic mass is 32.3. The van der Waals surface area contributed by atoms with Crippen LogP contribution in [0.2, 0.25) is 0 Å². The van der Waals surface area contributed by atoms with Crippen LogP contribution in [0.25, 0.3) is 0 Å². The van der Waals surface area contributed by atoms with E-state index < -0.39 is 34.1 Å². The van der Waals surface area contributed by atoms with E-state index in [2.05, 4.69) is 4.18 Å². The van der Waals surface area contributed by atoms with Crippen LogP contribution in [0.3, 0.4) is 0 Å². The summed E-state index contributed by atoms with van der Waals surface area (Å²) >= 11 is 0. The second-order valence-electron chi connectivity index (χ2n) is 4.94. The molecule has 1 fully saturated rings. The molecular weight excluding hydrogens is 267 g/mol. The first-order valence-corrected chi connectivity index (χ1v) is 7.00. The summed E-state index contributed by atoms with van der Waals surface area (Å²) in [7, 11) is -4.77. The summed E-state index contributed by atoms with van der Waals surface area (Å²) < 4.78 is 59.6. The van der Waals surface area contributed by atoms with E-state index in [1.807, 2.05) is 0 Å². The fourth-order valence-electron chi connectivity index (χ4n) is 1.75. The average Bonchev–Trinajstić information content (AvgIpc) is 2.53. The zero-order valence-corrected chi connectivity index (χ0v) is 11.7. The highest BCUT2D eigenvalue weighted by Gasteiger charge is 2.48. The lowest BCUT2D eigenvalue weighted by atomic mass is 9.94. The number of hydrogen-bond acceptors (Lipinski definition) is 5. The first-order valence-electron chi connectivity index (χ1n) is 5.63. The average molecular weight is 286 g/mol. The number of ether oxygens (including phenoxy) is 2. The van der Waals surface area contributed by atoms with Gasteiger partial charge in [0.15, 0.2) is 5.79 Å². The van der Waals surface area contributed by atoms with Crippen molar-refractivity contribution in [1.82, 2.24) is 0 Å². The lowest BCUT2D eigenvalue weighted by Gasteiger charge is -2.31. The minimum Gasteiger partial charge on any atom is -0.348 e. The van der Waals surface area contributed by atoms with Gasteiger partial charge < -0.3 is 9.47 Å². The first kappa shape index (κ1) is 15.8. The Morgan fingerprint density at radius 1 is 1.61 bits per heavy atom. The van der Waals surface area contributed by atoms with Gasteiger partial charge in [-0.15, -0.1) is 0 Å². The van der Waals surface area contributed by atoms with Crippen molar-refractivity contribution in [2.24, 2.45) is 0 Å². The number of alkyl halides is 1. The normalized spacial score (nSPS) is 28.9. The van der Waals surface area contributed by atoms with Crippen LogP contribution in [-0.4, -0.2) is 43.2 Å². The molecule has 1 heterocycles. The molecule has 108 valence electrons. The lowest BCUT2D eigenvalue weighted by Crippen LogP contribution is -2.48. The molecule has 1 N–H and O–H groups in total. The smallest absolute Gasteiger partial charge is 0.348 e. The number of halogens is 1. The van der Waals surface area contributed by atoms with Crippen molar-refractivity contribution >= 4 is 10.4 Å². The number of hydrogen-bond donors (Lipinski definition) is 1. The van der Waals surface area contributed by atoms with Crippen molar-refractivity contribution in [1.29, 1.82) is 0 Å². The van der Waals surface area contributed by atoms with Gasteiger partial charge in [0.25, 0.3) is 0 Å². The quantitative estimate of drug-likeness (QED) is 0.771. The van der Waals surface area contributed by atoms with Gasteiger partial charge in [-0.05, 0) is 27.2 Å². The summed E-state index contributed by atoms with van der Waals surface area (Å²) in [5.74, 6) is -0.935. The molecule has 1 rings (SSSR count). The van der Waals surface area contributed by atoms with Crippen LogP contribution in [0.5, 0.6) is 0 Å². The summed E-state index contributed by atoms with van der Waals surface area (Å²) in [4.78, 5) is 0. The molecule has 0 aromatic carbocycles. The summed E-state index contributed by atoms with van der Waals surface area (Å²) in [6.07, 6.45) is -2.36. The molecule has 1 aliphatic rings. The van der Waals surface area contributed by atoms with Crippen molar-refractivity contribution < 1.29 is 31.0 Å². The minimum atomic E-state index is -4.77. The van der Waals surface area contributed by atoms with E-state index in [9.17, 15) is 12.8 Å². The van der Waals surface area contributed by atoms with Gasteiger partial charge in [0.1, 0.15) is 17.9 Å². The molecule has 0 bridgehead atoms. The highest BCUT2D eigenvalue weighted by Crippen LogP contribution is 2.33. The van der Waals surface area contributed by atoms with E-state index in [1.165, 1.54) is 6.92 Å². The largest absolute Gasteiger partial charge is 0.397 e. The molecule has 3 atom stereocenters. The van der Waals surface area contributed by atoms with Gasteiger partial charge in [0, 0.05) is 0 Å². The molecule has 0 spiro atoms. The molecule has 0 aromatic heterocycles. The molecule has 18 heavy (non-hydrogen) atoms. The van der Waals surface area contributed by atoms with Crippen LogP contribution in [0.15, 0.2) is 0 Å². The molecule has 0 aliphatic carbocycles. The van der Waals surface area contributed by atoms with Gasteiger partial charge in [-0.2, -0.15) is 8.42 Å². The third-order valence-electron chi connectivity index (χ3n) is 2.88. The maximum absolute atomic E-state index is 14.3. The molecular formula is C10H19FO6S. The van der Waals surface area contributed by atoms with Gasteiger partial charge in [-0.1, -0.05) is 6.92 Å². The van der Waals surface area contributed by atoms with Gasteiger partial charge in [0.2, 0.25) is 0 Å². The molecule has 0 unspecified atom stereocenters. The van der Waals surface area contributed by atoms with E-state index in [-0.39, 0.29) is 13.0 Å². The Kier molecular flexibility index (Phi) is 4.39. The topological polar surface area (TPSA) is 82.1 Å². The van der Waals surface area contributed by atoms with Crippen molar-refractivity contribution in [3.63, 3.8) is 0 Å². The Balaban J connectivity index is 2.92. The highest BCUT2D eigenvalue weighted by molar-refractivity contribution is 7.80. The van der Waals surface area contributed by atoms with Crippen LogP contribution in [0, 0.1) is 0 Å². The predicted octanol–water partition coefficient (Wildman–Crippen LogP) is 1.46. The van der Waals surface area contributed by atoms with Crippen LogP contribution in [0.4, 0.5) is 4.39 Å². The van der Waals surface area contributed by atoms with E-state index >= 15 is 0 Å². The minimum absolute atomic E-state index is 0.00725. The van der Waals surface area contributed by atoms with Gasteiger partial charge in [-0.3, -0.25) is 4.55 Å². The van der Waals surface area contributed by atoms with E-state index in [0.717, 1.165) is 0 Å². The SMILES string of the molecule is CC[C@](C)(F)[C@H](OS(=O)(=O)O)[C@H]1COC(C)(C)O1. The van der Waals surface area contributed by atoms with E-state index in [4.69, 9.17) is 14.0 Å². The summed E-state index contributed by atoms with van der Waals surface area (Å²) in [5.41, 5.74) is -1.97. The van der Waals surface area contributed by atoms with Crippen LogP contribution in [0.1, 0.15) is 34.1 Å². The Labute approximate surface area is 106 Å². The second-order valence-corrected chi connectivity index (χ2v) is 5.99. The molecule has 0 amide bonds. The van der Waals surface area contributed by atoms with Crippen molar-refractivity contribution in [2.45, 2.75) is 57.8 Å². The van der Waals surface area contributed by atoms with Gasteiger partial charge in [-0.25, -0.2) is 8.57 Å². The van der Waals surface area contributed by atoms with Gasteiger partial charge in [0.05, 0.1) is 6.61 Å². The maximum atomic E-state index is 14.3. The summed E-state index contributed by atoms with van der Waals surface area (Å²) in [6, 6.07) is 0. The molecule has 1 aliphatic heterocycles. The molecule has 0 radical (unpaired) electrons. The Bertz CT molecular complexity index is 391. The Morgan fingerprint density at radius 3 is 2.50 bits per heavy atom. The number of rotatable bonds is 5. The standard InChI is InChI=1S/C10H19FO6S/c1-5-10(4,11)8(17-18(12,13)14)7-6-15-9(2,3)16-7/h7-8H,5-6H2,1-4H3,(H,12,13,14)/t7-,8-,10+/m1/s1. The maximum Gasteiger partial charge on any atom is 0.397 e.